The zero-order chi connectivity index (χ0) is 13.2. The van der Waals surface area contributed by atoms with E-state index >= 15 is 0 Å². The van der Waals surface area contributed by atoms with E-state index in [2.05, 4.69) is 5.10 Å². The van der Waals surface area contributed by atoms with E-state index in [-0.39, 0.29) is 11.9 Å². The van der Waals surface area contributed by atoms with E-state index in [0.29, 0.717) is 25.3 Å². The number of hydrogen-bond acceptors (Lipinski definition) is 4. The number of ether oxygens (including phenoxy) is 1. The first-order valence-electron chi connectivity index (χ1n) is 6.12. The minimum atomic E-state index is -0.0256. The topological polar surface area (TPSA) is 60.5 Å². The number of carbonyl (C=O) groups is 1. The Morgan fingerprint density at radius 2 is 2.47 bits per heavy atom. The van der Waals surface area contributed by atoms with Crippen LogP contribution >= 0.6 is 0 Å². The molecule has 19 heavy (non-hydrogen) atoms. The van der Waals surface area contributed by atoms with E-state index < -0.39 is 0 Å². The van der Waals surface area contributed by atoms with Gasteiger partial charge in [0.05, 0.1) is 36.7 Å². The number of nitrogens with zero attached hydrogens (tertiary/aromatic N) is 3. The summed E-state index contributed by atoms with van der Waals surface area (Å²) < 4.78 is 12.1. The fourth-order valence-electron chi connectivity index (χ4n) is 2.43. The first-order chi connectivity index (χ1) is 9.29. The van der Waals surface area contributed by atoms with Crippen LogP contribution in [0.5, 0.6) is 0 Å². The highest BCUT2D eigenvalue weighted by Crippen LogP contribution is 2.22. The van der Waals surface area contributed by atoms with Crippen LogP contribution in [0.15, 0.2) is 35.3 Å². The highest BCUT2D eigenvalue weighted by molar-refractivity contribution is 5.93. The third kappa shape index (κ3) is 2.15. The maximum absolute atomic E-state index is 12.3. The Hall–Kier alpha value is -2.08. The molecule has 6 heteroatoms. The normalized spacial score (nSPS) is 18.4. The van der Waals surface area contributed by atoms with Crippen molar-refractivity contribution in [3.05, 3.63) is 42.1 Å². The molecule has 0 saturated heterocycles. The summed E-state index contributed by atoms with van der Waals surface area (Å²) in [4.78, 5) is 14.1. The van der Waals surface area contributed by atoms with E-state index in [1.54, 1.807) is 24.3 Å². The number of carbonyl (C=O) groups excluding carboxylic acids is 1. The molecule has 1 unspecified atom stereocenters. The monoisotopic (exact) mass is 261 g/mol. The van der Waals surface area contributed by atoms with Gasteiger partial charge in [0.1, 0.15) is 6.26 Å². The van der Waals surface area contributed by atoms with Crippen molar-refractivity contribution in [2.24, 2.45) is 0 Å². The van der Waals surface area contributed by atoms with Gasteiger partial charge in [0.15, 0.2) is 0 Å². The Bertz CT molecular complexity index is 561. The number of fused-ring (bicyclic) bond motifs is 1. The van der Waals surface area contributed by atoms with Crippen molar-refractivity contribution in [1.82, 2.24) is 14.7 Å². The lowest BCUT2D eigenvalue weighted by Crippen LogP contribution is -2.42. The first-order valence-corrected chi connectivity index (χ1v) is 6.12. The molecule has 2 aromatic heterocycles. The van der Waals surface area contributed by atoms with Crippen LogP contribution in [0.4, 0.5) is 0 Å². The summed E-state index contributed by atoms with van der Waals surface area (Å²) in [5, 5.41) is 4.29. The number of aromatic nitrogens is 2. The molecule has 6 nitrogen and oxygen atoms in total. The third-order valence-electron chi connectivity index (χ3n) is 3.30. The van der Waals surface area contributed by atoms with Gasteiger partial charge >= 0.3 is 0 Å². The standard InChI is InChI=1S/C13H15N3O3/c1-18-9-12-7-15(6-11-2-4-14-16(11)12)13(17)10-3-5-19-8-10/h2-5,8,12H,6-7,9H2,1H3. The average Bonchev–Trinajstić information content (AvgIpc) is 3.09. The number of rotatable bonds is 3. The second kappa shape index (κ2) is 4.89. The highest BCUT2D eigenvalue weighted by Gasteiger charge is 2.29. The molecule has 1 aliphatic rings. The molecule has 0 spiro atoms. The lowest BCUT2D eigenvalue weighted by Gasteiger charge is -2.33. The van der Waals surface area contributed by atoms with Crippen molar-refractivity contribution in [3.8, 4) is 0 Å². The molecule has 0 radical (unpaired) electrons. The summed E-state index contributed by atoms with van der Waals surface area (Å²) >= 11 is 0. The Morgan fingerprint density at radius 3 is 3.21 bits per heavy atom. The minimum Gasteiger partial charge on any atom is -0.472 e. The van der Waals surface area contributed by atoms with Gasteiger partial charge in [0.25, 0.3) is 5.91 Å². The van der Waals surface area contributed by atoms with Gasteiger partial charge in [-0.1, -0.05) is 0 Å². The fraction of sp³-hybridized carbons (Fsp3) is 0.385. The molecule has 100 valence electrons. The van der Waals surface area contributed by atoms with Gasteiger partial charge in [0.2, 0.25) is 0 Å². The lowest BCUT2D eigenvalue weighted by atomic mass is 10.1. The molecule has 3 heterocycles. The van der Waals surface area contributed by atoms with E-state index in [9.17, 15) is 4.79 Å². The van der Waals surface area contributed by atoms with Crippen molar-refractivity contribution in [2.75, 3.05) is 20.3 Å². The molecule has 3 rings (SSSR count). The molecular formula is C13H15N3O3. The molecule has 0 aromatic carbocycles. The predicted molar refractivity (Wildman–Crippen MR) is 66.6 cm³/mol. The van der Waals surface area contributed by atoms with Crippen LogP contribution in [0.1, 0.15) is 22.1 Å². The Labute approximate surface area is 110 Å². The predicted octanol–water partition coefficient (Wildman–Crippen LogP) is 1.32. The van der Waals surface area contributed by atoms with Gasteiger partial charge in [-0.2, -0.15) is 5.10 Å². The summed E-state index contributed by atoms with van der Waals surface area (Å²) in [6.45, 7) is 1.68. The summed E-state index contributed by atoms with van der Waals surface area (Å²) in [6, 6.07) is 3.66. The van der Waals surface area contributed by atoms with Crippen molar-refractivity contribution < 1.29 is 13.9 Å². The molecular weight excluding hydrogens is 246 g/mol. The van der Waals surface area contributed by atoms with Crippen molar-refractivity contribution in [1.29, 1.82) is 0 Å². The van der Waals surface area contributed by atoms with E-state index in [1.807, 2.05) is 10.7 Å². The molecule has 2 aromatic rings. The maximum Gasteiger partial charge on any atom is 0.257 e. The van der Waals surface area contributed by atoms with E-state index in [0.717, 1.165) is 5.69 Å². The SMILES string of the molecule is COCC1CN(C(=O)c2ccoc2)Cc2ccnn21. The van der Waals surface area contributed by atoms with Gasteiger partial charge in [0, 0.05) is 19.9 Å². The highest BCUT2D eigenvalue weighted by atomic mass is 16.5. The largest absolute Gasteiger partial charge is 0.472 e. The first kappa shape index (κ1) is 12.0. The molecule has 1 atom stereocenters. The van der Waals surface area contributed by atoms with Crippen LogP contribution in [0.3, 0.4) is 0 Å². The second-order valence-corrected chi connectivity index (χ2v) is 4.57. The quantitative estimate of drug-likeness (QED) is 0.836. The van der Waals surface area contributed by atoms with Crippen LogP contribution < -0.4 is 0 Å². The van der Waals surface area contributed by atoms with Crippen molar-refractivity contribution in [2.45, 2.75) is 12.6 Å². The molecule has 0 bridgehead atoms. The van der Waals surface area contributed by atoms with Gasteiger partial charge in [-0.25, -0.2) is 0 Å². The summed E-state index contributed by atoms with van der Waals surface area (Å²) in [7, 11) is 1.65. The van der Waals surface area contributed by atoms with Crippen molar-refractivity contribution in [3.63, 3.8) is 0 Å². The Kier molecular flexibility index (Phi) is 3.08. The van der Waals surface area contributed by atoms with Crippen LogP contribution in [0.2, 0.25) is 0 Å². The van der Waals surface area contributed by atoms with Crippen LogP contribution in [0, 0.1) is 0 Å². The molecule has 1 amide bonds. The summed E-state index contributed by atoms with van der Waals surface area (Å²) in [6.07, 6.45) is 4.73. The molecule has 0 N–H and O–H groups in total. The molecule has 0 saturated carbocycles. The Morgan fingerprint density at radius 1 is 1.58 bits per heavy atom. The molecule has 0 aliphatic carbocycles. The number of hydrogen-bond donors (Lipinski definition) is 0. The zero-order valence-electron chi connectivity index (χ0n) is 10.7. The van der Waals surface area contributed by atoms with E-state index in [1.165, 1.54) is 12.5 Å². The minimum absolute atomic E-state index is 0.0256. The van der Waals surface area contributed by atoms with Crippen LogP contribution in [-0.4, -0.2) is 40.8 Å². The van der Waals surface area contributed by atoms with Crippen molar-refractivity contribution >= 4 is 5.91 Å². The molecule has 0 fully saturated rings. The second-order valence-electron chi connectivity index (χ2n) is 4.57. The number of amides is 1. The molecule has 1 aliphatic heterocycles. The van der Waals surface area contributed by atoms with Crippen LogP contribution in [-0.2, 0) is 11.3 Å². The van der Waals surface area contributed by atoms with Gasteiger partial charge in [-0.3, -0.25) is 9.48 Å². The third-order valence-corrected chi connectivity index (χ3v) is 3.30. The number of methoxy groups -OCH3 is 1. The average molecular weight is 261 g/mol. The van der Waals surface area contributed by atoms with Gasteiger partial charge in [-0.05, 0) is 12.1 Å². The Balaban J connectivity index is 1.84. The van der Waals surface area contributed by atoms with Gasteiger partial charge in [-0.15, -0.1) is 0 Å². The van der Waals surface area contributed by atoms with Crippen LogP contribution in [0.25, 0.3) is 0 Å². The zero-order valence-corrected chi connectivity index (χ0v) is 10.7. The smallest absolute Gasteiger partial charge is 0.257 e. The summed E-state index contributed by atoms with van der Waals surface area (Å²) in [5.74, 6) is -0.0256. The summed E-state index contributed by atoms with van der Waals surface area (Å²) in [5.41, 5.74) is 1.59. The van der Waals surface area contributed by atoms with Gasteiger partial charge < -0.3 is 14.1 Å². The van der Waals surface area contributed by atoms with E-state index in [4.69, 9.17) is 9.15 Å². The lowest BCUT2D eigenvalue weighted by molar-refractivity contribution is 0.0578. The number of furan rings is 1. The fourth-order valence-corrected chi connectivity index (χ4v) is 2.43. The maximum atomic E-state index is 12.3.